The molecule has 6 nitrogen and oxygen atoms in total. The molecule has 0 saturated heterocycles. The highest BCUT2D eigenvalue weighted by atomic mass is 16.5. The van der Waals surface area contributed by atoms with Gasteiger partial charge in [-0.05, 0) is 49.8 Å². The molecule has 0 bridgehead atoms. The van der Waals surface area contributed by atoms with Crippen molar-refractivity contribution in [3.63, 3.8) is 0 Å². The maximum absolute atomic E-state index is 12.7. The summed E-state index contributed by atoms with van der Waals surface area (Å²) in [5.41, 5.74) is 1.41. The van der Waals surface area contributed by atoms with E-state index in [1.807, 2.05) is 43.3 Å². The Bertz CT molecular complexity index is 1000. The number of nitrogens with one attached hydrogen (secondary N) is 1. The van der Waals surface area contributed by atoms with Gasteiger partial charge >= 0.3 is 0 Å². The predicted octanol–water partition coefficient (Wildman–Crippen LogP) is 3.30. The van der Waals surface area contributed by atoms with Crippen LogP contribution in [0.1, 0.15) is 15.9 Å². The largest absolute Gasteiger partial charge is 0.491 e. The Hall–Kier alpha value is -3.43. The Labute approximate surface area is 158 Å². The first kappa shape index (κ1) is 18.4. The van der Waals surface area contributed by atoms with Gasteiger partial charge in [0.15, 0.2) is 0 Å². The molecular formula is C21H20N4O2. The Morgan fingerprint density at radius 3 is 2.89 bits per heavy atom. The number of hydrogen-bond acceptors (Lipinski definition) is 5. The topological polar surface area (TPSA) is 78.2 Å². The second kappa shape index (κ2) is 8.30. The van der Waals surface area contributed by atoms with E-state index in [1.54, 1.807) is 30.6 Å². The summed E-state index contributed by atoms with van der Waals surface area (Å²) in [6, 6.07) is 14.5. The lowest BCUT2D eigenvalue weighted by Gasteiger charge is -2.13. The van der Waals surface area contributed by atoms with Crippen LogP contribution in [0.3, 0.4) is 0 Å². The first-order chi connectivity index (χ1) is 13.1. The number of aromatic nitrogens is 1. The number of fused-ring (bicyclic) bond motifs is 1. The summed E-state index contributed by atoms with van der Waals surface area (Å²) in [4.78, 5) is 18.8. The van der Waals surface area contributed by atoms with Crippen LogP contribution in [0.15, 0.2) is 54.9 Å². The minimum atomic E-state index is -0.289. The van der Waals surface area contributed by atoms with Gasteiger partial charge in [0.2, 0.25) is 0 Å². The molecule has 3 rings (SSSR count). The van der Waals surface area contributed by atoms with Crippen molar-refractivity contribution in [2.75, 3.05) is 32.6 Å². The Morgan fingerprint density at radius 2 is 2.11 bits per heavy atom. The van der Waals surface area contributed by atoms with E-state index in [0.717, 1.165) is 17.3 Å². The van der Waals surface area contributed by atoms with E-state index >= 15 is 0 Å². The fraction of sp³-hybridized carbons (Fsp3) is 0.190. The minimum absolute atomic E-state index is 0.289. The van der Waals surface area contributed by atoms with E-state index in [4.69, 9.17) is 4.74 Å². The Morgan fingerprint density at radius 1 is 1.26 bits per heavy atom. The maximum Gasteiger partial charge on any atom is 0.255 e. The monoisotopic (exact) mass is 360 g/mol. The smallest absolute Gasteiger partial charge is 0.255 e. The third-order valence-electron chi connectivity index (χ3n) is 4.09. The van der Waals surface area contributed by atoms with Crippen molar-refractivity contribution in [3.8, 4) is 11.8 Å². The van der Waals surface area contributed by atoms with Crippen LogP contribution in [0.2, 0.25) is 0 Å². The number of ether oxygens (including phenoxy) is 1. The molecule has 1 N–H and O–H groups in total. The summed E-state index contributed by atoms with van der Waals surface area (Å²) in [6.07, 6.45) is 3.43. The van der Waals surface area contributed by atoms with E-state index in [9.17, 15) is 10.1 Å². The van der Waals surface area contributed by atoms with Gasteiger partial charge in [0.25, 0.3) is 5.91 Å². The fourth-order valence-electron chi connectivity index (χ4n) is 2.64. The number of benzene rings is 2. The summed E-state index contributed by atoms with van der Waals surface area (Å²) >= 11 is 0. The predicted molar refractivity (Wildman–Crippen MR) is 105 cm³/mol. The van der Waals surface area contributed by atoms with Crippen molar-refractivity contribution < 1.29 is 9.53 Å². The zero-order chi connectivity index (χ0) is 19.2. The summed E-state index contributed by atoms with van der Waals surface area (Å²) in [7, 11) is 3.90. The highest BCUT2D eigenvalue weighted by Gasteiger charge is 2.12. The molecule has 0 fully saturated rings. The van der Waals surface area contributed by atoms with E-state index in [1.165, 1.54) is 0 Å². The first-order valence-corrected chi connectivity index (χ1v) is 8.54. The highest BCUT2D eigenvalue weighted by molar-refractivity contribution is 6.09. The fourth-order valence-corrected chi connectivity index (χ4v) is 2.64. The number of carbonyl (C=O) groups excluding carboxylic acids is 1. The minimum Gasteiger partial charge on any atom is -0.491 e. The van der Waals surface area contributed by atoms with Crippen molar-refractivity contribution in [1.82, 2.24) is 9.88 Å². The third-order valence-corrected chi connectivity index (χ3v) is 4.09. The van der Waals surface area contributed by atoms with Crippen LogP contribution in [0, 0.1) is 11.3 Å². The highest BCUT2D eigenvalue weighted by Crippen LogP contribution is 2.24. The molecule has 0 aliphatic rings. The number of rotatable bonds is 6. The van der Waals surface area contributed by atoms with Gasteiger partial charge < -0.3 is 15.0 Å². The van der Waals surface area contributed by atoms with Crippen LogP contribution in [-0.4, -0.2) is 43.0 Å². The number of likely N-dealkylation sites (N-methyl/N-ethyl adjacent to an activating group) is 1. The molecule has 0 aliphatic heterocycles. The van der Waals surface area contributed by atoms with Crippen molar-refractivity contribution >= 4 is 22.4 Å². The molecule has 1 heterocycles. The molecule has 0 spiro atoms. The lowest BCUT2D eigenvalue weighted by molar-refractivity contribution is 0.102. The molecule has 0 aliphatic carbocycles. The van der Waals surface area contributed by atoms with Crippen LogP contribution in [0.25, 0.3) is 10.8 Å². The average molecular weight is 360 g/mol. The zero-order valence-electron chi connectivity index (χ0n) is 15.3. The van der Waals surface area contributed by atoms with E-state index < -0.39 is 0 Å². The van der Waals surface area contributed by atoms with Crippen LogP contribution >= 0.6 is 0 Å². The van der Waals surface area contributed by atoms with Crippen LogP contribution < -0.4 is 10.1 Å². The molecule has 3 aromatic rings. The number of pyridine rings is 1. The van der Waals surface area contributed by atoms with Gasteiger partial charge in [0.1, 0.15) is 18.4 Å². The molecular weight excluding hydrogens is 340 g/mol. The lowest BCUT2D eigenvalue weighted by Crippen LogP contribution is -2.19. The molecule has 6 heteroatoms. The molecule has 0 saturated carbocycles. The number of anilines is 1. The van der Waals surface area contributed by atoms with Gasteiger partial charge in [-0.15, -0.1) is 0 Å². The molecule has 0 atom stereocenters. The van der Waals surface area contributed by atoms with Crippen molar-refractivity contribution in [2.45, 2.75) is 0 Å². The quantitative estimate of drug-likeness (QED) is 0.730. The molecule has 136 valence electrons. The van der Waals surface area contributed by atoms with Gasteiger partial charge in [-0.3, -0.25) is 9.78 Å². The molecule has 0 unspecified atom stereocenters. The maximum atomic E-state index is 12.7. The summed E-state index contributed by atoms with van der Waals surface area (Å²) < 4.78 is 5.65. The number of carbonyl (C=O) groups is 1. The van der Waals surface area contributed by atoms with Crippen LogP contribution in [0.5, 0.6) is 5.75 Å². The van der Waals surface area contributed by atoms with Gasteiger partial charge in [0.05, 0.1) is 11.3 Å². The third kappa shape index (κ3) is 4.40. The van der Waals surface area contributed by atoms with E-state index in [-0.39, 0.29) is 5.91 Å². The standard InChI is InChI=1S/C21H20N4O2/c1-25(2)10-11-27-20-7-6-16(12-17(20)13-22)21(26)24-19-5-3-4-15-8-9-23-14-18(15)19/h3-9,12,14H,10-11H2,1-2H3,(H,24,26). The molecule has 1 amide bonds. The number of amides is 1. The number of hydrogen-bond donors (Lipinski definition) is 1. The normalized spacial score (nSPS) is 10.6. The van der Waals surface area contributed by atoms with Gasteiger partial charge in [-0.2, -0.15) is 5.26 Å². The van der Waals surface area contributed by atoms with Gasteiger partial charge in [-0.1, -0.05) is 12.1 Å². The Balaban J connectivity index is 1.79. The summed E-state index contributed by atoms with van der Waals surface area (Å²) in [5.74, 6) is 0.188. The molecule has 2 aromatic carbocycles. The summed E-state index contributed by atoms with van der Waals surface area (Å²) in [5, 5.41) is 14.1. The van der Waals surface area contributed by atoms with Crippen LogP contribution in [-0.2, 0) is 0 Å². The summed E-state index contributed by atoms with van der Waals surface area (Å²) in [6.45, 7) is 1.21. The zero-order valence-corrected chi connectivity index (χ0v) is 15.3. The Kier molecular flexibility index (Phi) is 5.64. The van der Waals surface area contributed by atoms with Crippen molar-refractivity contribution in [3.05, 3.63) is 66.0 Å². The van der Waals surface area contributed by atoms with E-state index in [0.29, 0.717) is 29.2 Å². The van der Waals surface area contributed by atoms with Crippen molar-refractivity contribution in [2.24, 2.45) is 0 Å². The second-order valence-corrected chi connectivity index (χ2v) is 6.33. The average Bonchev–Trinajstić information content (AvgIpc) is 2.68. The number of nitrogens with zero attached hydrogens (tertiary/aromatic N) is 3. The number of nitriles is 1. The second-order valence-electron chi connectivity index (χ2n) is 6.33. The first-order valence-electron chi connectivity index (χ1n) is 8.54. The molecule has 27 heavy (non-hydrogen) atoms. The molecule has 0 radical (unpaired) electrons. The van der Waals surface area contributed by atoms with E-state index in [2.05, 4.69) is 16.4 Å². The molecule has 1 aromatic heterocycles. The van der Waals surface area contributed by atoms with Crippen molar-refractivity contribution in [1.29, 1.82) is 5.26 Å². The van der Waals surface area contributed by atoms with Crippen LogP contribution in [0.4, 0.5) is 5.69 Å². The van der Waals surface area contributed by atoms with Gasteiger partial charge in [0, 0.05) is 29.9 Å². The SMILES string of the molecule is CN(C)CCOc1ccc(C(=O)Nc2cccc3ccncc23)cc1C#N. The lowest BCUT2D eigenvalue weighted by atomic mass is 10.1. The van der Waals surface area contributed by atoms with Gasteiger partial charge in [-0.25, -0.2) is 0 Å².